The van der Waals surface area contributed by atoms with Crippen LogP contribution in [0.1, 0.15) is 37.3 Å². The third-order valence-electron chi connectivity index (χ3n) is 4.00. The molecule has 1 aliphatic heterocycles. The second kappa shape index (κ2) is 6.79. The predicted octanol–water partition coefficient (Wildman–Crippen LogP) is 1.98. The van der Waals surface area contributed by atoms with Gasteiger partial charge < -0.3 is 4.90 Å². The van der Waals surface area contributed by atoms with Gasteiger partial charge in [-0.2, -0.15) is 4.72 Å². The molecule has 1 amide bonds. The van der Waals surface area contributed by atoms with Gasteiger partial charge in [0, 0.05) is 13.1 Å². The van der Waals surface area contributed by atoms with Crippen molar-refractivity contribution in [1.29, 1.82) is 0 Å². The van der Waals surface area contributed by atoms with Gasteiger partial charge >= 0.3 is 0 Å². The van der Waals surface area contributed by atoms with Gasteiger partial charge in [0.2, 0.25) is 15.9 Å². The molecule has 122 valence electrons. The monoisotopic (exact) mass is 324 g/mol. The number of piperidine rings is 1. The zero-order valence-electron chi connectivity index (χ0n) is 13.4. The van der Waals surface area contributed by atoms with E-state index in [-0.39, 0.29) is 10.8 Å². The second-order valence-electron chi connectivity index (χ2n) is 6.00. The van der Waals surface area contributed by atoms with Crippen LogP contribution in [0, 0.1) is 13.8 Å². The number of likely N-dealkylation sites (tertiary alicyclic amines) is 1. The molecule has 1 atom stereocenters. The van der Waals surface area contributed by atoms with Crippen LogP contribution in [0.2, 0.25) is 0 Å². The first-order valence-electron chi connectivity index (χ1n) is 7.69. The molecule has 1 unspecified atom stereocenters. The predicted molar refractivity (Wildman–Crippen MR) is 86.1 cm³/mol. The number of amides is 1. The van der Waals surface area contributed by atoms with Gasteiger partial charge in [-0.05, 0) is 57.2 Å². The number of nitrogens with zero attached hydrogens (tertiary/aromatic N) is 1. The van der Waals surface area contributed by atoms with Gasteiger partial charge in [-0.15, -0.1) is 0 Å². The molecule has 1 aromatic carbocycles. The smallest absolute Gasteiger partial charge is 0.241 e. The van der Waals surface area contributed by atoms with Crippen molar-refractivity contribution < 1.29 is 13.2 Å². The molecular formula is C16H24N2O3S. The summed E-state index contributed by atoms with van der Waals surface area (Å²) in [6.45, 7) is 6.65. The third kappa shape index (κ3) is 3.87. The number of carbonyl (C=O) groups excluding carboxylic acids is 1. The van der Waals surface area contributed by atoms with Crippen LogP contribution in [0.15, 0.2) is 23.1 Å². The fraction of sp³-hybridized carbons (Fsp3) is 0.562. The molecular weight excluding hydrogens is 300 g/mol. The Balaban J connectivity index is 2.13. The van der Waals surface area contributed by atoms with Crippen molar-refractivity contribution in [2.24, 2.45) is 0 Å². The first kappa shape index (κ1) is 17.0. The van der Waals surface area contributed by atoms with E-state index in [1.165, 1.54) is 0 Å². The molecule has 5 nitrogen and oxygen atoms in total. The standard InChI is InChI=1S/C16H24N2O3S/c1-12-7-8-13(2)15(11-12)22(20,21)17-14(3)16(19)18-9-5-4-6-10-18/h7-8,11,14,17H,4-6,9-10H2,1-3H3. The third-order valence-corrected chi connectivity index (χ3v) is 5.69. The van der Waals surface area contributed by atoms with Crippen molar-refractivity contribution in [3.8, 4) is 0 Å². The Kier molecular flexibility index (Phi) is 5.24. The fourth-order valence-corrected chi connectivity index (χ4v) is 4.26. The summed E-state index contributed by atoms with van der Waals surface area (Å²) in [4.78, 5) is 14.3. The zero-order valence-corrected chi connectivity index (χ0v) is 14.2. The number of sulfonamides is 1. The van der Waals surface area contributed by atoms with Crippen LogP contribution >= 0.6 is 0 Å². The van der Waals surface area contributed by atoms with E-state index in [1.807, 2.05) is 13.0 Å². The van der Waals surface area contributed by atoms with Gasteiger partial charge in [0.1, 0.15) is 0 Å². The van der Waals surface area contributed by atoms with Crippen LogP contribution in [0.5, 0.6) is 0 Å². The van der Waals surface area contributed by atoms with E-state index in [4.69, 9.17) is 0 Å². The van der Waals surface area contributed by atoms with Gasteiger partial charge in [0.05, 0.1) is 10.9 Å². The van der Waals surface area contributed by atoms with E-state index in [0.717, 1.165) is 24.8 Å². The maximum Gasteiger partial charge on any atom is 0.241 e. The molecule has 1 aliphatic rings. The molecule has 0 spiro atoms. The van der Waals surface area contributed by atoms with E-state index >= 15 is 0 Å². The second-order valence-corrected chi connectivity index (χ2v) is 7.68. The summed E-state index contributed by atoms with van der Waals surface area (Å²) in [6.07, 6.45) is 3.11. The number of hydrogen-bond acceptors (Lipinski definition) is 3. The van der Waals surface area contributed by atoms with E-state index in [9.17, 15) is 13.2 Å². The Labute approximate surface area is 132 Å². The van der Waals surface area contributed by atoms with Crippen molar-refractivity contribution in [2.75, 3.05) is 13.1 Å². The van der Waals surface area contributed by atoms with Crippen molar-refractivity contribution >= 4 is 15.9 Å². The Hall–Kier alpha value is -1.40. The minimum atomic E-state index is -3.69. The molecule has 1 saturated heterocycles. The summed E-state index contributed by atoms with van der Waals surface area (Å²) in [5.41, 5.74) is 1.55. The molecule has 1 N–H and O–H groups in total. The number of nitrogens with one attached hydrogen (secondary N) is 1. The summed E-state index contributed by atoms with van der Waals surface area (Å²) in [5, 5.41) is 0. The Morgan fingerprint density at radius 3 is 2.45 bits per heavy atom. The summed E-state index contributed by atoms with van der Waals surface area (Å²) < 4.78 is 27.6. The largest absolute Gasteiger partial charge is 0.341 e. The lowest BCUT2D eigenvalue weighted by molar-refractivity contribution is -0.133. The number of hydrogen-bond donors (Lipinski definition) is 1. The van der Waals surface area contributed by atoms with E-state index in [1.54, 1.807) is 30.9 Å². The molecule has 1 aromatic rings. The average molecular weight is 324 g/mol. The molecule has 2 rings (SSSR count). The fourth-order valence-electron chi connectivity index (χ4n) is 2.73. The first-order valence-corrected chi connectivity index (χ1v) is 9.18. The SMILES string of the molecule is Cc1ccc(C)c(S(=O)(=O)NC(C)C(=O)N2CCCCC2)c1. The molecule has 6 heteroatoms. The molecule has 1 fully saturated rings. The summed E-state index contributed by atoms with van der Waals surface area (Å²) >= 11 is 0. The van der Waals surface area contributed by atoms with Crippen LogP contribution in [-0.4, -0.2) is 38.4 Å². The van der Waals surface area contributed by atoms with Crippen molar-refractivity contribution in [3.63, 3.8) is 0 Å². The van der Waals surface area contributed by atoms with Crippen molar-refractivity contribution in [3.05, 3.63) is 29.3 Å². The lowest BCUT2D eigenvalue weighted by Gasteiger charge is -2.29. The highest BCUT2D eigenvalue weighted by Crippen LogP contribution is 2.17. The summed E-state index contributed by atoms with van der Waals surface area (Å²) in [7, 11) is -3.69. The van der Waals surface area contributed by atoms with Gasteiger partial charge in [-0.3, -0.25) is 4.79 Å². The Bertz CT molecular complexity index is 649. The van der Waals surface area contributed by atoms with Crippen LogP contribution in [0.25, 0.3) is 0 Å². The number of aryl methyl sites for hydroxylation is 2. The van der Waals surface area contributed by atoms with Crippen LogP contribution in [0.4, 0.5) is 0 Å². The van der Waals surface area contributed by atoms with Gasteiger partial charge in [0.25, 0.3) is 0 Å². The minimum absolute atomic E-state index is 0.145. The maximum atomic E-state index is 12.5. The minimum Gasteiger partial charge on any atom is -0.341 e. The molecule has 1 heterocycles. The van der Waals surface area contributed by atoms with Gasteiger partial charge in [0.15, 0.2) is 0 Å². The molecule has 0 saturated carbocycles. The Morgan fingerprint density at radius 2 is 1.82 bits per heavy atom. The summed E-state index contributed by atoms with van der Waals surface area (Å²) in [6, 6.07) is 4.54. The highest BCUT2D eigenvalue weighted by Gasteiger charge is 2.27. The van der Waals surface area contributed by atoms with Crippen molar-refractivity contribution in [1.82, 2.24) is 9.62 Å². The topological polar surface area (TPSA) is 66.5 Å². The Morgan fingerprint density at radius 1 is 1.18 bits per heavy atom. The molecule has 0 aliphatic carbocycles. The highest BCUT2D eigenvalue weighted by atomic mass is 32.2. The molecule has 22 heavy (non-hydrogen) atoms. The lowest BCUT2D eigenvalue weighted by Crippen LogP contribution is -2.48. The maximum absolute atomic E-state index is 12.5. The van der Waals surface area contributed by atoms with Crippen LogP contribution in [0.3, 0.4) is 0 Å². The van der Waals surface area contributed by atoms with E-state index in [0.29, 0.717) is 18.7 Å². The van der Waals surface area contributed by atoms with Crippen LogP contribution in [-0.2, 0) is 14.8 Å². The number of rotatable bonds is 4. The highest BCUT2D eigenvalue weighted by molar-refractivity contribution is 7.89. The summed E-state index contributed by atoms with van der Waals surface area (Å²) in [5.74, 6) is -0.145. The van der Waals surface area contributed by atoms with Crippen LogP contribution < -0.4 is 4.72 Å². The van der Waals surface area contributed by atoms with Gasteiger partial charge in [-0.25, -0.2) is 8.42 Å². The quantitative estimate of drug-likeness (QED) is 0.921. The normalized spacial score (nSPS) is 17.3. The van der Waals surface area contributed by atoms with Gasteiger partial charge in [-0.1, -0.05) is 12.1 Å². The number of benzene rings is 1. The van der Waals surface area contributed by atoms with E-state index < -0.39 is 16.1 Å². The first-order chi connectivity index (χ1) is 10.3. The molecule has 0 bridgehead atoms. The number of carbonyl (C=O) groups is 1. The zero-order chi connectivity index (χ0) is 16.3. The molecule has 0 aromatic heterocycles. The van der Waals surface area contributed by atoms with E-state index in [2.05, 4.69) is 4.72 Å². The lowest BCUT2D eigenvalue weighted by atomic mass is 10.1. The molecule has 0 radical (unpaired) electrons. The van der Waals surface area contributed by atoms with Crippen molar-refractivity contribution in [2.45, 2.75) is 51.0 Å². The average Bonchev–Trinajstić information content (AvgIpc) is 2.49.